The lowest BCUT2D eigenvalue weighted by Crippen LogP contribution is -2.24. The van der Waals surface area contributed by atoms with Crippen molar-refractivity contribution in [2.24, 2.45) is 0 Å². The topological polar surface area (TPSA) is 47.6 Å². The molecule has 0 aliphatic carbocycles. The average Bonchev–Trinajstić information content (AvgIpc) is 2.66. The summed E-state index contributed by atoms with van der Waals surface area (Å²) in [6.45, 7) is 4.37. The molecule has 3 aromatic rings. The van der Waals surface area contributed by atoms with Gasteiger partial charge >= 0.3 is 0 Å². The van der Waals surface area contributed by atoms with E-state index in [-0.39, 0.29) is 12.0 Å². The Labute approximate surface area is 153 Å². The predicted octanol–water partition coefficient (Wildman–Crippen LogP) is 4.57. The van der Waals surface area contributed by atoms with Gasteiger partial charge in [0.05, 0.1) is 18.8 Å². The maximum atomic E-state index is 12.8. The lowest BCUT2D eigenvalue weighted by atomic mass is 10.0. The molecule has 3 aromatic carbocycles. The highest BCUT2D eigenvalue weighted by atomic mass is 16.5. The fourth-order valence-corrected chi connectivity index (χ4v) is 2.81. The van der Waals surface area contributed by atoms with Crippen LogP contribution in [0.25, 0.3) is 10.8 Å². The number of carbonyl (C=O) groups is 1. The van der Waals surface area contributed by atoms with Crippen molar-refractivity contribution in [3.63, 3.8) is 0 Å². The molecule has 1 amide bonds. The molecule has 0 aromatic heterocycles. The van der Waals surface area contributed by atoms with Crippen LogP contribution in [0.3, 0.4) is 0 Å². The molecule has 4 nitrogen and oxygen atoms in total. The van der Waals surface area contributed by atoms with Crippen LogP contribution in [0.5, 0.6) is 11.5 Å². The standard InChI is InChI=1S/C22H23NO3/c1-15(2)26-21-19(22(24)23-14-16-7-5-4-6-8-16)12-10-17-9-11-18(25-3)13-20(17)21/h4-13,15H,14H2,1-3H3,(H,23,24). The highest BCUT2D eigenvalue weighted by molar-refractivity contribution is 6.04. The Morgan fingerprint density at radius 1 is 1.04 bits per heavy atom. The second-order valence-corrected chi connectivity index (χ2v) is 6.36. The monoisotopic (exact) mass is 349 g/mol. The van der Waals surface area contributed by atoms with E-state index in [2.05, 4.69) is 5.32 Å². The van der Waals surface area contributed by atoms with Crippen LogP contribution in [0.2, 0.25) is 0 Å². The van der Waals surface area contributed by atoms with Crippen molar-refractivity contribution in [1.82, 2.24) is 5.32 Å². The van der Waals surface area contributed by atoms with Crippen LogP contribution in [0, 0.1) is 0 Å². The summed E-state index contributed by atoms with van der Waals surface area (Å²) in [4.78, 5) is 12.8. The molecule has 0 unspecified atom stereocenters. The van der Waals surface area contributed by atoms with E-state index in [0.29, 0.717) is 17.9 Å². The fraction of sp³-hybridized carbons (Fsp3) is 0.227. The number of carbonyl (C=O) groups excluding carboxylic acids is 1. The van der Waals surface area contributed by atoms with E-state index in [1.54, 1.807) is 7.11 Å². The number of fused-ring (bicyclic) bond motifs is 1. The summed E-state index contributed by atoms with van der Waals surface area (Å²) < 4.78 is 11.3. The molecule has 4 heteroatoms. The van der Waals surface area contributed by atoms with Gasteiger partial charge in [-0.15, -0.1) is 0 Å². The molecule has 1 N–H and O–H groups in total. The zero-order valence-electron chi connectivity index (χ0n) is 15.3. The number of methoxy groups -OCH3 is 1. The summed E-state index contributed by atoms with van der Waals surface area (Å²) in [6, 6.07) is 19.3. The third-order valence-electron chi connectivity index (χ3n) is 4.07. The number of amides is 1. The van der Waals surface area contributed by atoms with E-state index in [1.165, 1.54) is 0 Å². The quantitative estimate of drug-likeness (QED) is 0.709. The van der Waals surface area contributed by atoms with E-state index in [9.17, 15) is 4.79 Å². The molecule has 26 heavy (non-hydrogen) atoms. The number of nitrogens with one attached hydrogen (secondary N) is 1. The van der Waals surface area contributed by atoms with E-state index in [4.69, 9.17) is 9.47 Å². The summed E-state index contributed by atoms with van der Waals surface area (Å²) in [6.07, 6.45) is -0.0486. The Morgan fingerprint density at radius 3 is 2.46 bits per heavy atom. The number of rotatable bonds is 6. The molecule has 0 fully saturated rings. The predicted molar refractivity (Wildman–Crippen MR) is 104 cm³/mol. The minimum atomic E-state index is -0.158. The molecule has 0 aliphatic heterocycles. The lowest BCUT2D eigenvalue weighted by Gasteiger charge is -2.17. The minimum absolute atomic E-state index is 0.0486. The first-order chi connectivity index (χ1) is 12.6. The first kappa shape index (κ1) is 17.8. The van der Waals surface area contributed by atoms with Crippen LogP contribution in [0.4, 0.5) is 0 Å². The molecule has 0 radical (unpaired) electrons. The fourth-order valence-electron chi connectivity index (χ4n) is 2.81. The van der Waals surface area contributed by atoms with E-state index in [0.717, 1.165) is 22.1 Å². The van der Waals surface area contributed by atoms with E-state index >= 15 is 0 Å². The van der Waals surface area contributed by atoms with Crippen LogP contribution in [0.15, 0.2) is 60.7 Å². The maximum Gasteiger partial charge on any atom is 0.255 e. The summed E-state index contributed by atoms with van der Waals surface area (Å²) in [5, 5.41) is 4.84. The van der Waals surface area contributed by atoms with Gasteiger partial charge in [0.25, 0.3) is 5.91 Å². The van der Waals surface area contributed by atoms with Gasteiger partial charge in [-0.3, -0.25) is 4.79 Å². The highest BCUT2D eigenvalue weighted by Crippen LogP contribution is 2.33. The molecule has 0 atom stereocenters. The molecule has 134 valence electrons. The Hall–Kier alpha value is -3.01. The van der Waals surface area contributed by atoms with Gasteiger partial charge in [0.1, 0.15) is 11.5 Å². The number of hydrogen-bond acceptors (Lipinski definition) is 3. The van der Waals surface area contributed by atoms with Gasteiger partial charge in [-0.1, -0.05) is 42.5 Å². The van der Waals surface area contributed by atoms with Gasteiger partial charge in [-0.2, -0.15) is 0 Å². The normalized spacial score (nSPS) is 10.8. The van der Waals surface area contributed by atoms with Gasteiger partial charge in [0, 0.05) is 11.9 Å². The first-order valence-corrected chi connectivity index (χ1v) is 8.68. The molecule has 0 heterocycles. The Kier molecular flexibility index (Phi) is 5.42. The molecule has 0 saturated carbocycles. The van der Waals surface area contributed by atoms with Crippen molar-refractivity contribution in [2.75, 3.05) is 7.11 Å². The van der Waals surface area contributed by atoms with Crippen molar-refractivity contribution in [3.8, 4) is 11.5 Å². The van der Waals surface area contributed by atoms with E-state index < -0.39 is 0 Å². The van der Waals surface area contributed by atoms with Gasteiger partial charge in [-0.05, 0) is 43.0 Å². The second-order valence-electron chi connectivity index (χ2n) is 6.36. The molecule has 3 rings (SSSR count). The maximum absolute atomic E-state index is 12.8. The van der Waals surface area contributed by atoms with Crippen LogP contribution < -0.4 is 14.8 Å². The second kappa shape index (κ2) is 7.91. The average molecular weight is 349 g/mol. The van der Waals surface area contributed by atoms with Crippen LogP contribution in [-0.2, 0) is 6.54 Å². The number of benzene rings is 3. The van der Waals surface area contributed by atoms with Gasteiger partial charge in [-0.25, -0.2) is 0 Å². The molecule has 0 saturated heterocycles. The summed E-state index contributed by atoms with van der Waals surface area (Å²) >= 11 is 0. The van der Waals surface area contributed by atoms with Crippen molar-refractivity contribution >= 4 is 16.7 Å². The third-order valence-corrected chi connectivity index (χ3v) is 4.07. The van der Waals surface area contributed by atoms with Gasteiger partial charge in [0.15, 0.2) is 0 Å². The summed E-state index contributed by atoms with van der Waals surface area (Å²) in [5.74, 6) is 1.16. The molecule has 0 spiro atoms. The SMILES string of the molecule is COc1ccc2ccc(C(=O)NCc3ccccc3)c(OC(C)C)c2c1. The Morgan fingerprint density at radius 2 is 1.77 bits per heavy atom. The minimum Gasteiger partial charge on any atom is -0.497 e. The number of hydrogen-bond donors (Lipinski definition) is 1. The van der Waals surface area contributed by atoms with Gasteiger partial charge in [0.2, 0.25) is 0 Å². The highest BCUT2D eigenvalue weighted by Gasteiger charge is 2.17. The lowest BCUT2D eigenvalue weighted by molar-refractivity contribution is 0.0945. The Bertz CT molecular complexity index is 904. The molecular formula is C22H23NO3. The van der Waals surface area contributed by atoms with Crippen molar-refractivity contribution in [1.29, 1.82) is 0 Å². The van der Waals surface area contributed by atoms with Crippen molar-refractivity contribution in [2.45, 2.75) is 26.5 Å². The van der Waals surface area contributed by atoms with E-state index in [1.807, 2.05) is 74.5 Å². The van der Waals surface area contributed by atoms with Crippen LogP contribution in [-0.4, -0.2) is 19.1 Å². The summed E-state index contributed by atoms with van der Waals surface area (Å²) in [5.41, 5.74) is 1.57. The first-order valence-electron chi connectivity index (χ1n) is 8.68. The zero-order valence-corrected chi connectivity index (χ0v) is 15.3. The largest absolute Gasteiger partial charge is 0.497 e. The Balaban J connectivity index is 1.96. The van der Waals surface area contributed by atoms with Crippen LogP contribution >= 0.6 is 0 Å². The zero-order chi connectivity index (χ0) is 18.5. The van der Waals surface area contributed by atoms with Crippen LogP contribution in [0.1, 0.15) is 29.8 Å². The smallest absolute Gasteiger partial charge is 0.255 e. The van der Waals surface area contributed by atoms with Crippen molar-refractivity contribution in [3.05, 3.63) is 71.8 Å². The van der Waals surface area contributed by atoms with Crippen molar-refractivity contribution < 1.29 is 14.3 Å². The summed E-state index contributed by atoms with van der Waals surface area (Å²) in [7, 11) is 1.63. The molecule has 0 aliphatic rings. The third kappa shape index (κ3) is 3.97. The van der Waals surface area contributed by atoms with Gasteiger partial charge < -0.3 is 14.8 Å². The molecular weight excluding hydrogens is 326 g/mol. The number of ether oxygens (including phenoxy) is 2. The molecule has 0 bridgehead atoms.